The van der Waals surface area contributed by atoms with E-state index in [0.29, 0.717) is 12.8 Å². The van der Waals surface area contributed by atoms with Crippen LogP contribution in [0, 0.1) is 0 Å². The number of hydrogen-bond donors (Lipinski definition) is 0. The average Bonchev–Trinajstić information content (AvgIpc) is 2.73. The molecule has 0 saturated carbocycles. The standard InChI is InChI=1S/C15H19N3O4S/c1-16-13(19)15(17(2)14(16)20)8-10-18(11-9-15)23(21,22)12-6-4-3-5-7-12/h3-7H,8-11H2,1-2H3. The van der Waals surface area contributed by atoms with Crippen molar-refractivity contribution in [1.29, 1.82) is 0 Å². The number of imide groups is 1. The van der Waals surface area contributed by atoms with Crippen LogP contribution in [-0.2, 0) is 14.8 Å². The summed E-state index contributed by atoms with van der Waals surface area (Å²) in [4.78, 5) is 27.2. The number of benzene rings is 1. The molecule has 8 heteroatoms. The van der Waals surface area contributed by atoms with E-state index < -0.39 is 15.6 Å². The molecule has 2 aliphatic heterocycles. The van der Waals surface area contributed by atoms with Gasteiger partial charge in [-0.25, -0.2) is 13.2 Å². The molecular weight excluding hydrogens is 318 g/mol. The molecule has 1 aromatic carbocycles. The molecule has 0 unspecified atom stereocenters. The molecule has 0 aliphatic carbocycles. The number of sulfonamides is 1. The maximum Gasteiger partial charge on any atom is 0.327 e. The average molecular weight is 337 g/mol. The van der Waals surface area contributed by atoms with E-state index in [2.05, 4.69) is 0 Å². The largest absolute Gasteiger partial charge is 0.327 e. The zero-order chi connectivity index (χ0) is 16.8. The number of hydrogen-bond acceptors (Lipinski definition) is 4. The minimum absolute atomic E-state index is 0.217. The third kappa shape index (κ3) is 2.24. The van der Waals surface area contributed by atoms with Gasteiger partial charge in [-0.05, 0) is 25.0 Å². The van der Waals surface area contributed by atoms with Crippen molar-refractivity contribution < 1.29 is 18.0 Å². The van der Waals surface area contributed by atoms with Gasteiger partial charge in [-0.15, -0.1) is 0 Å². The van der Waals surface area contributed by atoms with Crippen LogP contribution in [0.4, 0.5) is 4.79 Å². The van der Waals surface area contributed by atoms with Crippen molar-refractivity contribution in [1.82, 2.24) is 14.1 Å². The molecule has 1 aromatic rings. The lowest BCUT2D eigenvalue weighted by molar-refractivity contribution is -0.133. The predicted octanol–water partition coefficient (Wildman–Crippen LogP) is 0.734. The summed E-state index contributed by atoms with van der Waals surface area (Å²) in [5, 5.41) is 0. The van der Waals surface area contributed by atoms with Gasteiger partial charge < -0.3 is 4.90 Å². The van der Waals surface area contributed by atoms with Gasteiger partial charge in [0.05, 0.1) is 4.90 Å². The number of carbonyl (C=O) groups excluding carboxylic acids is 2. The van der Waals surface area contributed by atoms with Gasteiger partial charge in [-0.3, -0.25) is 9.69 Å². The Bertz CT molecular complexity index is 739. The second kappa shape index (κ2) is 5.31. The van der Waals surface area contributed by atoms with Gasteiger partial charge in [0.15, 0.2) is 0 Å². The van der Waals surface area contributed by atoms with Gasteiger partial charge in [-0.1, -0.05) is 18.2 Å². The summed E-state index contributed by atoms with van der Waals surface area (Å²) < 4.78 is 26.7. The molecule has 7 nitrogen and oxygen atoms in total. The number of piperidine rings is 1. The van der Waals surface area contributed by atoms with Crippen molar-refractivity contribution in [2.45, 2.75) is 23.3 Å². The lowest BCUT2D eigenvalue weighted by Gasteiger charge is -2.40. The molecule has 0 radical (unpaired) electrons. The molecule has 1 spiro atoms. The fourth-order valence-corrected chi connectivity index (χ4v) is 4.80. The molecule has 2 saturated heterocycles. The molecule has 3 rings (SSSR count). The van der Waals surface area contributed by atoms with Crippen LogP contribution >= 0.6 is 0 Å². The summed E-state index contributed by atoms with van der Waals surface area (Å²) in [5.74, 6) is -0.248. The van der Waals surface area contributed by atoms with E-state index in [1.807, 2.05) is 0 Å². The molecule has 0 aromatic heterocycles. The molecule has 3 amide bonds. The second-order valence-corrected chi connectivity index (χ2v) is 7.89. The van der Waals surface area contributed by atoms with Crippen LogP contribution in [0.1, 0.15) is 12.8 Å². The molecule has 2 heterocycles. The number of likely N-dealkylation sites (N-methyl/N-ethyl adjacent to an activating group) is 2. The predicted molar refractivity (Wildman–Crippen MR) is 83.1 cm³/mol. The Hall–Kier alpha value is -1.93. The van der Waals surface area contributed by atoms with Crippen molar-refractivity contribution in [2.75, 3.05) is 27.2 Å². The third-order valence-corrected chi connectivity index (χ3v) is 6.76. The highest BCUT2D eigenvalue weighted by Gasteiger charge is 2.56. The van der Waals surface area contributed by atoms with Crippen LogP contribution in [0.5, 0.6) is 0 Å². The van der Waals surface area contributed by atoms with Gasteiger partial charge >= 0.3 is 6.03 Å². The Morgan fingerprint density at radius 3 is 2.04 bits per heavy atom. The maximum absolute atomic E-state index is 12.6. The monoisotopic (exact) mass is 337 g/mol. The fourth-order valence-electron chi connectivity index (χ4n) is 3.34. The minimum atomic E-state index is -3.57. The Labute approximate surface area is 135 Å². The highest BCUT2D eigenvalue weighted by atomic mass is 32.2. The van der Waals surface area contributed by atoms with Crippen LogP contribution in [0.15, 0.2) is 35.2 Å². The summed E-state index contributed by atoms with van der Waals surface area (Å²) >= 11 is 0. The topological polar surface area (TPSA) is 78.0 Å². The summed E-state index contributed by atoms with van der Waals surface area (Å²) in [5.41, 5.74) is -0.908. The summed E-state index contributed by atoms with van der Waals surface area (Å²) in [6, 6.07) is 7.90. The van der Waals surface area contributed by atoms with Gasteiger partial charge in [0.25, 0.3) is 5.91 Å². The zero-order valence-corrected chi connectivity index (χ0v) is 13.9. The first-order valence-electron chi connectivity index (χ1n) is 7.42. The van der Waals surface area contributed by atoms with Gasteiger partial charge in [-0.2, -0.15) is 4.31 Å². The Morgan fingerprint density at radius 1 is 1.00 bits per heavy atom. The summed E-state index contributed by atoms with van der Waals surface area (Å²) in [6.45, 7) is 0.433. The number of amides is 3. The van der Waals surface area contributed by atoms with Crippen LogP contribution in [0.2, 0.25) is 0 Å². The molecule has 2 fully saturated rings. The lowest BCUT2D eigenvalue weighted by atomic mass is 9.87. The third-order valence-electron chi connectivity index (χ3n) is 4.85. The molecule has 23 heavy (non-hydrogen) atoms. The second-order valence-electron chi connectivity index (χ2n) is 5.95. The van der Waals surface area contributed by atoms with E-state index in [0.717, 1.165) is 4.90 Å². The Morgan fingerprint density at radius 2 is 1.57 bits per heavy atom. The van der Waals surface area contributed by atoms with E-state index in [9.17, 15) is 18.0 Å². The van der Waals surface area contributed by atoms with E-state index >= 15 is 0 Å². The number of urea groups is 1. The lowest BCUT2D eigenvalue weighted by Crippen LogP contribution is -2.56. The van der Waals surface area contributed by atoms with Gasteiger partial charge in [0.1, 0.15) is 5.54 Å². The number of rotatable bonds is 2. The van der Waals surface area contributed by atoms with E-state index in [1.165, 1.54) is 16.3 Å². The highest BCUT2D eigenvalue weighted by molar-refractivity contribution is 7.89. The van der Waals surface area contributed by atoms with Crippen LogP contribution in [0.3, 0.4) is 0 Å². The fraction of sp³-hybridized carbons (Fsp3) is 0.467. The molecule has 0 atom stereocenters. The smallest absolute Gasteiger partial charge is 0.312 e. The van der Waals surface area contributed by atoms with Crippen LogP contribution < -0.4 is 0 Å². The van der Waals surface area contributed by atoms with Crippen molar-refractivity contribution in [3.05, 3.63) is 30.3 Å². The van der Waals surface area contributed by atoms with E-state index in [4.69, 9.17) is 0 Å². The van der Waals surface area contributed by atoms with Gasteiger partial charge in [0.2, 0.25) is 10.0 Å². The van der Waals surface area contributed by atoms with E-state index in [1.54, 1.807) is 37.4 Å². The molecular formula is C15H19N3O4S. The normalized spacial score (nSPS) is 22.2. The Kier molecular flexibility index (Phi) is 3.68. The van der Waals surface area contributed by atoms with Crippen molar-refractivity contribution >= 4 is 22.0 Å². The number of carbonyl (C=O) groups is 2. The first kappa shape index (κ1) is 15.9. The highest BCUT2D eigenvalue weighted by Crippen LogP contribution is 2.36. The van der Waals surface area contributed by atoms with Crippen molar-refractivity contribution in [2.24, 2.45) is 0 Å². The molecule has 124 valence electrons. The zero-order valence-electron chi connectivity index (χ0n) is 13.1. The van der Waals surface area contributed by atoms with Crippen LogP contribution in [0.25, 0.3) is 0 Å². The van der Waals surface area contributed by atoms with E-state index in [-0.39, 0.29) is 29.9 Å². The molecule has 2 aliphatic rings. The summed E-state index contributed by atoms with van der Waals surface area (Å²) in [6.07, 6.45) is 0.620. The minimum Gasteiger partial charge on any atom is -0.312 e. The SMILES string of the molecule is CN1C(=O)N(C)C2(CCN(S(=O)(=O)c3ccccc3)CC2)C1=O. The van der Waals surface area contributed by atoms with Crippen molar-refractivity contribution in [3.63, 3.8) is 0 Å². The quantitative estimate of drug-likeness (QED) is 0.746. The molecule has 0 bridgehead atoms. The summed E-state index contributed by atoms with van der Waals surface area (Å²) in [7, 11) is -0.502. The Balaban J connectivity index is 1.82. The van der Waals surface area contributed by atoms with Crippen molar-refractivity contribution in [3.8, 4) is 0 Å². The first-order chi connectivity index (χ1) is 10.8. The van der Waals surface area contributed by atoms with Crippen LogP contribution in [-0.4, -0.2) is 67.2 Å². The molecule has 0 N–H and O–H groups in total. The first-order valence-corrected chi connectivity index (χ1v) is 8.86. The maximum atomic E-state index is 12.6. The van der Waals surface area contributed by atoms with Gasteiger partial charge in [0, 0.05) is 27.2 Å². The number of nitrogens with zero attached hydrogens (tertiary/aromatic N) is 3.